The van der Waals surface area contributed by atoms with Gasteiger partial charge in [0.05, 0.1) is 23.8 Å². The van der Waals surface area contributed by atoms with Crippen LogP contribution in [-0.4, -0.2) is 35.9 Å². The van der Waals surface area contributed by atoms with Crippen molar-refractivity contribution in [3.05, 3.63) is 0 Å². The molecule has 0 bridgehead atoms. The number of carbonyl (C=O) groups excluding carboxylic acids is 4. The highest BCUT2D eigenvalue weighted by atomic mass is 16.5. The molecule has 0 N–H and O–H groups in total. The van der Waals surface area contributed by atoms with E-state index in [0.29, 0.717) is 38.5 Å². The number of hydrogen-bond donors (Lipinski definition) is 0. The minimum absolute atomic E-state index is 0.187. The van der Waals surface area contributed by atoms with Gasteiger partial charge in [-0.2, -0.15) is 0 Å². The third kappa shape index (κ3) is 9.16. The van der Waals surface area contributed by atoms with Crippen LogP contribution in [0.2, 0.25) is 0 Å². The van der Waals surface area contributed by atoms with Gasteiger partial charge in [-0.1, -0.05) is 98.3 Å². The summed E-state index contributed by atoms with van der Waals surface area (Å²) in [5, 5.41) is 38.3. The van der Waals surface area contributed by atoms with Crippen LogP contribution in [0.1, 0.15) is 130 Å². The molecule has 0 heterocycles. The first-order valence-electron chi connectivity index (χ1n) is 13.9. The van der Waals surface area contributed by atoms with Crippen LogP contribution >= 0.6 is 0 Å². The maximum atomic E-state index is 13.1. The van der Waals surface area contributed by atoms with Gasteiger partial charge in [-0.15, -0.1) is 0 Å². The van der Waals surface area contributed by atoms with Gasteiger partial charge >= 0.3 is 0 Å². The van der Waals surface area contributed by atoms with Crippen LogP contribution in [0.4, 0.5) is 0 Å². The second-order valence-electron chi connectivity index (χ2n) is 9.89. The summed E-state index contributed by atoms with van der Waals surface area (Å²) in [7, 11) is 0. The molecule has 0 radical (unpaired) electrons. The lowest BCUT2D eigenvalue weighted by Gasteiger charge is -2.55. The summed E-state index contributed by atoms with van der Waals surface area (Å²) in [5.74, 6) is -8.93. The molecule has 0 aliphatic rings. The predicted molar refractivity (Wildman–Crippen MR) is 131 cm³/mol. The maximum absolute atomic E-state index is 13.1. The van der Waals surface area contributed by atoms with Gasteiger partial charge < -0.3 is 34.4 Å². The smallest absolute Gasteiger partial charge is 0.144 e. The summed E-state index contributed by atoms with van der Waals surface area (Å²) >= 11 is 0. The Kier molecular flexibility index (Phi) is 17.3. The minimum atomic E-state index is -2.93. The molecular formula is C28H47O8-3. The molecule has 2 unspecified atom stereocenters. The average molecular weight is 512 g/mol. The Labute approximate surface area is 217 Å². The maximum Gasteiger partial charge on any atom is 0.144 e. The Balaban J connectivity index is 6.93. The molecule has 210 valence electrons. The fourth-order valence-electron chi connectivity index (χ4n) is 5.11. The van der Waals surface area contributed by atoms with Gasteiger partial charge in [0.15, 0.2) is 0 Å². The molecule has 36 heavy (non-hydrogen) atoms. The zero-order valence-corrected chi connectivity index (χ0v) is 22.9. The SMILES string of the molecule is CCCCCCOC(C(=O)[O-])(C(C(=O)[O-])C(=O)CCC)C(CCCCCC)(CCCCCC)C(=O)[O-]. The van der Waals surface area contributed by atoms with Gasteiger partial charge in [0.1, 0.15) is 11.4 Å². The number of carboxylic acids is 3. The Hall–Kier alpha value is -1.96. The highest BCUT2D eigenvalue weighted by molar-refractivity contribution is 6.05. The molecule has 0 fully saturated rings. The van der Waals surface area contributed by atoms with Crippen molar-refractivity contribution in [3.8, 4) is 0 Å². The van der Waals surface area contributed by atoms with Crippen molar-refractivity contribution in [1.82, 2.24) is 0 Å². The van der Waals surface area contributed by atoms with E-state index in [1.807, 2.05) is 20.8 Å². The van der Waals surface area contributed by atoms with Crippen LogP contribution in [0.3, 0.4) is 0 Å². The largest absolute Gasteiger partial charge is 0.549 e. The van der Waals surface area contributed by atoms with Gasteiger partial charge in [-0.05, 0) is 25.7 Å². The van der Waals surface area contributed by atoms with E-state index in [4.69, 9.17) is 4.74 Å². The van der Waals surface area contributed by atoms with Crippen molar-refractivity contribution >= 4 is 23.7 Å². The topological polar surface area (TPSA) is 147 Å². The molecule has 0 amide bonds. The highest BCUT2D eigenvalue weighted by Crippen LogP contribution is 2.49. The summed E-state index contributed by atoms with van der Waals surface area (Å²) in [5.41, 5.74) is -5.19. The number of carbonyl (C=O) groups is 4. The molecule has 2 atom stereocenters. The van der Waals surface area contributed by atoms with Crippen LogP contribution in [0.5, 0.6) is 0 Å². The normalized spacial score (nSPS) is 14.2. The zero-order valence-electron chi connectivity index (χ0n) is 22.9. The predicted octanol–water partition coefficient (Wildman–Crippen LogP) is 2.48. The number of rotatable bonds is 24. The highest BCUT2D eigenvalue weighted by Gasteiger charge is 2.60. The van der Waals surface area contributed by atoms with Crippen molar-refractivity contribution in [2.75, 3.05) is 6.61 Å². The molecule has 0 aromatic carbocycles. The molecule has 8 nitrogen and oxygen atoms in total. The molecular weight excluding hydrogens is 464 g/mol. The fourth-order valence-corrected chi connectivity index (χ4v) is 5.11. The van der Waals surface area contributed by atoms with Crippen LogP contribution in [0.25, 0.3) is 0 Å². The van der Waals surface area contributed by atoms with Gasteiger partial charge in [-0.3, -0.25) is 4.79 Å². The third-order valence-corrected chi connectivity index (χ3v) is 7.11. The molecule has 0 saturated heterocycles. The molecule has 0 aliphatic carbocycles. The number of unbranched alkanes of at least 4 members (excludes halogenated alkanes) is 9. The second-order valence-corrected chi connectivity index (χ2v) is 9.89. The Morgan fingerprint density at radius 1 is 0.639 bits per heavy atom. The Bertz CT molecular complexity index is 662. The minimum Gasteiger partial charge on any atom is -0.549 e. The number of carboxylic acid groups (broad SMARTS) is 3. The monoisotopic (exact) mass is 511 g/mol. The summed E-state index contributed by atoms with van der Waals surface area (Å²) in [6.45, 7) is 7.40. The molecule has 0 aromatic heterocycles. The second kappa shape index (κ2) is 18.3. The molecule has 8 heteroatoms. The van der Waals surface area contributed by atoms with Gasteiger partial charge in [0, 0.05) is 18.4 Å². The first-order valence-corrected chi connectivity index (χ1v) is 13.9. The van der Waals surface area contributed by atoms with Gasteiger partial charge in [0.2, 0.25) is 0 Å². The van der Waals surface area contributed by atoms with Crippen molar-refractivity contribution in [3.63, 3.8) is 0 Å². The number of aliphatic carboxylic acids is 3. The lowest BCUT2D eigenvalue weighted by Crippen LogP contribution is -2.73. The molecule has 0 aliphatic heterocycles. The summed E-state index contributed by atoms with van der Waals surface area (Å²) < 4.78 is 5.85. The molecule has 0 aromatic rings. The lowest BCUT2D eigenvalue weighted by atomic mass is 9.59. The Morgan fingerprint density at radius 2 is 1.11 bits per heavy atom. The number of hydrogen-bond acceptors (Lipinski definition) is 8. The molecule has 0 rings (SSSR count). The fraction of sp³-hybridized carbons (Fsp3) is 0.857. The van der Waals surface area contributed by atoms with E-state index in [0.717, 1.165) is 38.5 Å². The van der Waals surface area contributed by atoms with Crippen LogP contribution < -0.4 is 15.3 Å². The summed E-state index contributed by atoms with van der Waals surface area (Å²) in [6.07, 6.45) is 7.69. The standard InChI is InChI=1S/C28H50O8/c1-5-9-12-15-19-27(25(32)33,20-16-13-10-6-2)28(26(34)35,36-21-17-14-11-7-3)23(24(30)31)22(29)18-8-4/h23H,5-21H2,1-4H3,(H,30,31)(H,32,33)(H,34,35)/p-3. The van der Waals surface area contributed by atoms with Crippen LogP contribution in [0, 0.1) is 11.3 Å². The van der Waals surface area contributed by atoms with Gasteiger partial charge in [-0.25, -0.2) is 0 Å². The lowest BCUT2D eigenvalue weighted by molar-refractivity contribution is -0.367. The van der Waals surface area contributed by atoms with E-state index in [2.05, 4.69) is 0 Å². The van der Waals surface area contributed by atoms with E-state index in [-0.39, 0.29) is 32.3 Å². The quantitative estimate of drug-likeness (QED) is 0.142. The van der Waals surface area contributed by atoms with Crippen LogP contribution in [0.15, 0.2) is 0 Å². The van der Waals surface area contributed by atoms with Crippen molar-refractivity contribution in [2.24, 2.45) is 11.3 Å². The van der Waals surface area contributed by atoms with E-state index >= 15 is 0 Å². The number of ketones is 1. The first-order chi connectivity index (χ1) is 17.1. The number of ether oxygens (including phenoxy) is 1. The molecule has 0 saturated carbocycles. The van der Waals surface area contributed by atoms with E-state index in [1.54, 1.807) is 6.92 Å². The third-order valence-electron chi connectivity index (χ3n) is 7.11. The first kappa shape index (κ1) is 34.0. The van der Waals surface area contributed by atoms with Gasteiger partial charge in [0.25, 0.3) is 0 Å². The molecule has 0 spiro atoms. The van der Waals surface area contributed by atoms with E-state index < -0.39 is 40.6 Å². The average Bonchev–Trinajstić information content (AvgIpc) is 2.81. The van der Waals surface area contributed by atoms with Crippen molar-refractivity contribution < 1.29 is 39.2 Å². The van der Waals surface area contributed by atoms with E-state index in [1.165, 1.54) is 0 Å². The van der Waals surface area contributed by atoms with Crippen molar-refractivity contribution in [2.45, 2.75) is 136 Å². The summed E-state index contributed by atoms with van der Waals surface area (Å²) in [6, 6.07) is 0. The van der Waals surface area contributed by atoms with Crippen molar-refractivity contribution in [1.29, 1.82) is 0 Å². The Morgan fingerprint density at radius 3 is 1.47 bits per heavy atom. The summed E-state index contributed by atoms with van der Waals surface area (Å²) in [4.78, 5) is 51.4. The van der Waals surface area contributed by atoms with E-state index in [9.17, 15) is 34.5 Å². The van der Waals surface area contributed by atoms with Crippen LogP contribution in [-0.2, 0) is 23.9 Å². The zero-order chi connectivity index (χ0) is 27.6. The number of Topliss-reactive ketones (excluding diaryl/α,β-unsaturated/α-hetero) is 1.